The molecule has 1 rings (SSSR count). The predicted molar refractivity (Wildman–Crippen MR) is 64.7 cm³/mol. The largest absolute Gasteiger partial charge is 0.465 e. The summed E-state index contributed by atoms with van der Waals surface area (Å²) in [5.74, 6) is -0.578. The SMILES string of the molecule is C=CC(=O)N(CCCc1ccccc1)C(=O)O. The van der Waals surface area contributed by atoms with Gasteiger partial charge < -0.3 is 5.11 Å². The zero-order valence-corrected chi connectivity index (χ0v) is 9.50. The Balaban J connectivity index is 2.46. The lowest BCUT2D eigenvalue weighted by molar-refractivity contribution is -0.124. The van der Waals surface area contributed by atoms with Gasteiger partial charge >= 0.3 is 6.09 Å². The molecule has 0 radical (unpaired) electrons. The molecule has 90 valence electrons. The molecule has 0 saturated heterocycles. The summed E-state index contributed by atoms with van der Waals surface area (Å²) < 4.78 is 0. The Kier molecular flexibility index (Phi) is 4.94. The third kappa shape index (κ3) is 4.10. The summed E-state index contributed by atoms with van der Waals surface area (Å²) >= 11 is 0. The average Bonchev–Trinajstić information content (AvgIpc) is 2.34. The van der Waals surface area contributed by atoms with Gasteiger partial charge in [0.1, 0.15) is 0 Å². The van der Waals surface area contributed by atoms with Crippen LogP contribution < -0.4 is 0 Å². The lowest BCUT2D eigenvalue weighted by atomic mass is 10.1. The van der Waals surface area contributed by atoms with Crippen molar-refractivity contribution in [3.63, 3.8) is 0 Å². The number of aryl methyl sites for hydroxylation is 1. The molecule has 0 aliphatic heterocycles. The van der Waals surface area contributed by atoms with E-state index in [-0.39, 0.29) is 6.54 Å². The van der Waals surface area contributed by atoms with Gasteiger partial charge in [-0.1, -0.05) is 36.9 Å². The molecule has 17 heavy (non-hydrogen) atoms. The smallest absolute Gasteiger partial charge is 0.414 e. The van der Waals surface area contributed by atoms with E-state index in [9.17, 15) is 9.59 Å². The maximum atomic E-state index is 11.2. The summed E-state index contributed by atoms with van der Waals surface area (Å²) in [4.78, 5) is 22.8. The summed E-state index contributed by atoms with van der Waals surface area (Å²) in [5.41, 5.74) is 1.13. The highest BCUT2D eigenvalue weighted by Gasteiger charge is 2.16. The van der Waals surface area contributed by atoms with Crippen LogP contribution in [0.1, 0.15) is 12.0 Å². The standard InChI is InChI=1S/C13H15NO3/c1-2-12(15)14(13(16)17)10-6-9-11-7-4-3-5-8-11/h2-5,7-8H,1,6,9-10H2,(H,16,17). The Labute approximate surface area is 100 Å². The highest BCUT2D eigenvalue weighted by atomic mass is 16.4. The van der Waals surface area contributed by atoms with Crippen LogP contribution in [0.25, 0.3) is 0 Å². The van der Waals surface area contributed by atoms with Gasteiger partial charge in [0.15, 0.2) is 0 Å². The lowest BCUT2D eigenvalue weighted by Crippen LogP contribution is -2.35. The first kappa shape index (κ1) is 13.0. The fourth-order valence-electron chi connectivity index (χ4n) is 1.50. The Bertz CT molecular complexity index is 400. The van der Waals surface area contributed by atoms with Crippen LogP contribution >= 0.6 is 0 Å². The first-order valence-corrected chi connectivity index (χ1v) is 5.36. The molecule has 0 unspecified atom stereocenters. The van der Waals surface area contributed by atoms with Gasteiger partial charge in [-0.15, -0.1) is 0 Å². The Morgan fingerprint density at radius 1 is 1.29 bits per heavy atom. The third-order valence-electron chi connectivity index (χ3n) is 2.36. The topological polar surface area (TPSA) is 57.6 Å². The minimum atomic E-state index is -1.23. The monoisotopic (exact) mass is 233 g/mol. The Hall–Kier alpha value is -2.10. The Morgan fingerprint density at radius 3 is 2.47 bits per heavy atom. The van der Waals surface area contributed by atoms with E-state index in [0.717, 1.165) is 23.0 Å². The molecule has 0 spiro atoms. The highest BCUT2D eigenvalue weighted by Crippen LogP contribution is 2.04. The molecular weight excluding hydrogens is 218 g/mol. The van der Waals surface area contributed by atoms with Gasteiger partial charge in [0.2, 0.25) is 0 Å². The second-order valence-corrected chi connectivity index (χ2v) is 3.57. The summed E-state index contributed by atoms with van der Waals surface area (Å²) in [7, 11) is 0. The molecule has 0 bridgehead atoms. The van der Waals surface area contributed by atoms with Crippen molar-refractivity contribution in [2.45, 2.75) is 12.8 Å². The molecule has 1 N–H and O–H groups in total. The van der Waals surface area contributed by atoms with Crippen LogP contribution in [-0.2, 0) is 11.2 Å². The zero-order chi connectivity index (χ0) is 12.7. The molecular formula is C13H15NO3. The molecule has 0 atom stereocenters. The van der Waals surface area contributed by atoms with E-state index < -0.39 is 12.0 Å². The van der Waals surface area contributed by atoms with Crippen molar-refractivity contribution in [3.8, 4) is 0 Å². The summed E-state index contributed by atoms with van der Waals surface area (Å²) in [6, 6.07) is 9.73. The second kappa shape index (κ2) is 6.48. The predicted octanol–water partition coefficient (Wildman–Crippen LogP) is 2.31. The number of benzene rings is 1. The number of hydrogen-bond donors (Lipinski definition) is 1. The summed E-state index contributed by atoms with van der Waals surface area (Å²) in [6.07, 6.45) is 1.13. The van der Waals surface area contributed by atoms with E-state index in [1.165, 1.54) is 0 Å². The minimum Gasteiger partial charge on any atom is -0.465 e. The van der Waals surface area contributed by atoms with Crippen molar-refractivity contribution < 1.29 is 14.7 Å². The highest BCUT2D eigenvalue weighted by molar-refractivity contribution is 5.97. The first-order valence-electron chi connectivity index (χ1n) is 5.36. The number of nitrogens with zero attached hydrogens (tertiary/aromatic N) is 1. The van der Waals surface area contributed by atoms with Gasteiger partial charge in [0.05, 0.1) is 0 Å². The van der Waals surface area contributed by atoms with Gasteiger partial charge in [0.25, 0.3) is 5.91 Å². The molecule has 1 aromatic carbocycles. The van der Waals surface area contributed by atoms with Crippen molar-refractivity contribution >= 4 is 12.0 Å². The van der Waals surface area contributed by atoms with Crippen LogP contribution in [-0.4, -0.2) is 28.6 Å². The fourth-order valence-corrected chi connectivity index (χ4v) is 1.50. The van der Waals surface area contributed by atoms with E-state index in [2.05, 4.69) is 6.58 Å². The van der Waals surface area contributed by atoms with Crippen molar-refractivity contribution in [2.75, 3.05) is 6.54 Å². The van der Waals surface area contributed by atoms with Gasteiger partial charge in [-0.05, 0) is 24.5 Å². The Morgan fingerprint density at radius 2 is 1.94 bits per heavy atom. The van der Waals surface area contributed by atoms with E-state index in [4.69, 9.17) is 5.11 Å². The second-order valence-electron chi connectivity index (χ2n) is 3.57. The minimum absolute atomic E-state index is 0.190. The zero-order valence-electron chi connectivity index (χ0n) is 9.50. The van der Waals surface area contributed by atoms with Gasteiger partial charge in [-0.3, -0.25) is 4.79 Å². The fraction of sp³-hybridized carbons (Fsp3) is 0.231. The number of carbonyl (C=O) groups excluding carboxylic acids is 1. The lowest BCUT2D eigenvalue weighted by Gasteiger charge is -2.14. The van der Waals surface area contributed by atoms with E-state index in [1.54, 1.807) is 0 Å². The van der Waals surface area contributed by atoms with E-state index >= 15 is 0 Å². The van der Waals surface area contributed by atoms with Crippen molar-refractivity contribution in [1.82, 2.24) is 4.90 Å². The molecule has 2 amide bonds. The number of rotatable bonds is 5. The molecule has 0 aliphatic rings. The summed E-state index contributed by atoms with van der Waals surface area (Å²) in [6.45, 7) is 3.47. The third-order valence-corrected chi connectivity index (χ3v) is 2.36. The maximum absolute atomic E-state index is 11.2. The number of hydrogen-bond acceptors (Lipinski definition) is 2. The molecule has 0 fully saturated rings. The van der Waals surface area contributed by atoms with E-state index in [1.807, 2.05) is 30.3 Å². The number of carboxylic acid groups (broad SMARTS) is 1. The van der Waals surface area contributed by atoms with Gasteiger partial charge in [0, 0.05) is 6.54 Å². The molecule has 1 aromatic rings. The number of carbonyl (C=O) groups is 2. The maximum Gasteiger partial charge on any atom is 0.414 e. The van der Waals surface area contributed by atoms with Crippen LogP contribution in [0.2, 0.25) is 0 Å². The molecule has 0 heterocycles. The van der Waals surface area contributed by atoms with Crippen LogP contribution in [0, 0.1) is 0 Å². The van der Waals surface area contributed by atoms with Crippen LogP contribution in [0.4, 0.5) is 4.79 Å². The molecule has 0 aliphatic carbocycles. The number of amides is 2. The first-order chi connectivity index (χ1) is 8.15. The van der Waals surface area contributed by atoms with Crippen LogP contribution in [0.3, 0.4) is 0 Å². The molecule has 0 aromatic heterocycles. The average molecular weight is 233 g/mol. The molecule has 4 nitrogen and oxygen atoms in total. The molecule has 4 heteroatoms. The van der Waals surface area contributed by atoms with E-state index in [0.29, 0.717) is 6.42 Å². The van der Waals surface area contributed by atoms with Gasteiger partial charge in [-0.25, -0.2) is 9.69 Å². The summed E-state index contributed by atoms with van der Waals surface area (Å²) in [5, 5.41) is 8.83. The normalized spacial score (nSPS) is 9.65. The van der Waals surface area contributed by atoms with Crippen LogP contribution in [0.5, 0.6) is 0 Å². The number of imide groups is 1. The quantitative estimate of drug-likeness (QED) is 0.794. The van der Waals surface area contributed by atoms with Crippen molar-refractivity contribution in [3.05, 3.63) is 48.6 Å². The van der Waals surface area contributed by atoms with Crippen LogP contribution in [0.15, 0.2) is 43.0 Å². The van der Waals surface area contributed by atoms with Crippen molar-refractivity contribution in [1.29, 1.82) is 0 Å². The van der Waals surface area contributed by atoms with Crippen molar-refractivity contribution in [2.24, 2.45) is 0 Å². The van der Waals surface area contributed by atoms with Gasteiger partial charge in [-0.2, -0.15) is 0 Å². The molecule has 0 saturated carbocycles.